The molecule has 0 bridgehead atoms. The Balaban J connectivity index is 2.22. The highest BCUT2D eigenvalue weighted by molar-refractivity contribution is 7.92. The van der Waals surface area contributed by atoms with Crippen molar-refractivity contribution in [1.29, 1.82) is 0 Å². The number of nitrogens with zero attached hydrogens (tertiary/aromatic N) is 2. The third-order valence-corrected chi connectivity index (χ3v) is 7.28. The minimum Gasteiger partial charge on any atom is -0.352 e. The van der Waals surface area contributed by atoms with Crippen molar-refractivity contribution in [3.63, 3.8) is 0 Å². The van der Waals surface area contributed by atoms with Gasteiger partial charge in [-0.1, -0.05) is 43.7 Å². The van der Waals surface area contributed by atoms with Gasteiger partial charge in [0.1, 0.15) is 11.9 Å². The Labute approximate surface area is 214 Å². The molecule has 0 aliphatic carbocycles. The number of carbonyl (C=O) groups excluding carboxylic acids is 2. The molecule has 198 valence electrons. The van der Waals surface area contributed by atoms with Crippen molar-refractivity contribution in [2.45, 2.75) is 72.0 Å². The molecule has 1 N–H and O–H groups in total. The zero-order chi connectivity index (χ0) is 26.9. The molecule has 0 aromatic heterocycles. The molecule has 9 heteroatoms. The summed E-state index contributed by atoms with van der Waals surface area (Å²) in [7, 11) is -3.63. The summed E-state index contributed by atoms with van der Waals surface area (Å²) in [6.07, 6.45) is 2.61. The predicted octanol–water partition coefficient (Wildman–Crippen LogP) is 4.40. The molecule has 0 saturated carbocycles. The van der Waals surface area contributed by atoms with Crippen molar-refractivity contribution in [1.82, 2.24) is 10.2 Å². The minimum absolute atomic E-state index is 0.0125. The van der Waals surface area contributed by atoms with Gasteiger partial charge in [0, 0.05) is 25.6 Å². The van der Waals surface area contributed by atoms with Crippen LogP contribution in [0.4, 0.5) is 10.1 Å². The summed E-state index contributed by atoms with van der Waals surface area (Å²) in [4.78, 5) is 28.1. The fourth-order valence-corrected chi connectivity index (χ4v) is 4.94. The molecule has 0 unspecified atom stereocenters. The lowest BCUT2D eigenvalue weighted by molar-refractivity contribution is -0.141. The number of carbonyl (C=O) groups is 2. The quantitative estimate of drug-likeness (QED) is 0.425. The number of benzene rings is 2. The van der Waals surface area contributed by atoms with Crippen LogP contribution in [-0.4, -0.2) is 50.0 Å². The molecule has 2 rings (SSSR count). The predicted molar refractivity (Wildman–Crippen MR) is 142 cm³/mol. The van der Waals surface area contributed by atoms with Gasteiger partial charge >= 0.3 is 0 Å². The van der Waals surface area contributed by atoms with Gasteiger partial charge in [-0.3, -0.25) is 13.9 Å². The van der Waals surface area contributed by atoms with Crippen molar-refractivity contribution < 1.29 is 22.4 Å². The number of hydrogen-bond acceptors (Lipinski definition) is 4. The number of sulfonamides is 1. The first-order valence-electron chi connectivity index (χ1n) is 12.3. The van der Waals surface area contributed by atoms with Crippen LogP contribution in [0, 0.1) is 12.7 Å². The summed E-state index contributed by atoms with van der Waals surface area (Å²) in [5, 5.41) is 2.98. The molecule has 36 heavy (non-hydrogen) atoms. The SMILES string of the molecule is CC[C@H](C)NC(=O)[C@H](CC)N(Cc1cccc(C)c1)C(=O)CCCN(c1ccc(F)cc1)S(C)(=O)=O. The van der Waals surface area contributed by atoms with E-state index in [1.165, 1.54) is 24.3 Å². The van der Waals surface area contributed by atoms with Crippen LogP contribution in [0.15, 0.2) is 48.5 Å². The van der Waals surface area contributed by atoms with E-state index in [-0.39, 0.29) is 43.8 Å². The van der Waals surface area contributed by atoms with Crippen LogP contribution in [0.3, 0.4) is 0 Å². The van der Waals surface area contributed by atoms with Gasteiger partial charge in [-0.15, -0.1) is 0 Å². The Morgan fingerprint density at radius 1 is 1.06 bits per heavy atom. The van der Waals surface area contributed by atoms with E-state index in [1.807, 2.05) is 52.0 Å². The molecule has 0 saturated heterocycles. The molecule has 2 amide bonds. The lowest BCUT2D eigenvalue weighted by atomic mass is 10.1. The Kier molecular flexibility index (Phi) is 10.9. The molecule has 7 nitrogen and oxygen atoms in total. The first-order chi connectivity index (χ1) is 17.0. The molecule has 2 atom stereocenters. The van der Waals surface area contributed by atoms with Crippen LogP contribution in [0.2, 0.25) is 0 Å². The second-order valence-corrected chi connectivity index (χ2v) is 11.1. The van der Waals surface area contributed by atoms with Gasteiger partial charge in [0.25, 0.3) is 0 Å². The van der Waals surface area contributed by atoms with Crippen LogP contribution >= 0.6 is 0 Å². The van der Waals surface area contributed by atoms with Crippen LogP contribution < -0.4 is 9.62 Å². The van der Waals surface area contributed by atoms with Crippen LogP contribution in [-0.2, 0) is 26.2 Å². The summed E-state index contributed by atoms with van der Waals surface area (Å²) in [5.74, 6) is -0.886. The summed E-state index contributed by atoms with van der Waals surface area (Å²) in [6, 6.07) is 12.3. The molecule has 0 radical (unpaired) electrons. The lowest BCUT2D eigenvalue weighted by Gasteiger charge is -2.32. The Bertz CT molecular complexity index is 1120. The standard InChI is InChI=1S/C27H38FN3O4S/c1-6-21(4)29-27(33)25(7-2)30(19-22-11-8-10-20(3)18-22)26(32)12-9-17-31(36(5,34)35)24-15-13-23(28)14-16-24/h8,10-11,13-16,18,21,25H,6-7,9,12,17,19H2,1-5H3,(H,29,33)/t21-,25-/m0/s1. The molecule has 0 fully saturated rings. The van der Waals surface area contributed by atoms with Crippen molar-refractivity contribution in [3.8, 4) is 0 Å². The summed E-state index contributed by atoms with van der Waals surface area (Å²) in [6.45, 7) is 8.09. The molecule has 0 heterocycles. The fraction of sp³-hybridized carbons (Fsp3) is 0.481. The second-order valence-electron chi connectivity index (χ2n) is 9.17. The van der Waals surface area contributed by atoms with E-state index in [2.05, 4.69) is 5.32 Å². The maximum atomic E-state index is 13.4. The molecule has 2 aromatic carbocycles. The van der Waals surface area contributed by atoms with Gasteiger partial charge in [-0.05, 0) is 62.9 Å². The Morgan fingerprint density at radius 2 is 1.72 bits per heavy atom. The first kappa shape index (κ1) is 29.3. The van der Waals surface area contributed by atoms with E-state index >= 15 is 0 Å². The Hall–Kier alpha value is -2.94. The number of nitrogens with one attached hydrogen (secondary N) is 1. The highest BCUT2D eigenvalue weighted by Crippen LogP contribution is 2.20. The maximum absolute atomic E-state index is 13.4. The van der Waals surface area contributed by atoms with E-state index in [9.17, 15) is 22.4 Å². The number of aryl methyl sites for hydroxylation is 1. The average Bonchev–Trinajstić information content (AvgIpc) is 2.81. The average molecular weight is 520 g/mol. The van der Waals surface area contributed by atoms with E-state index < -0.39 is 21.9 Å². The second kappa shape index (κ2) is 13.4. The zero-order valence-electron chi connectivity index (χ0n) is 21.8. The van der Waals surface area contributed by atoms with Crippen molar-refractivity contribution >= 4 is 27.5 Å². The number of hydrogen-bond donors (Lipinski definition) is 1. The maximum Gasteiger partial charge on any atom is 0.243 e. The number of amides is 2. The van der Waals surface area contributed by atoms with Crippen LogP contribution in [0.1, 0.15) is 57.6 Å². The largest absolute Gasteiger partial charge is 0.352 e. The number of halogens is 1. The third-order valence-electron chi connectivity index (χ3n) is 6.09. The van der Waals surface area contributed by atoms with Crippen molar-refractivity contribution in [2.75, 3.05) is 17.1 Å². The van der Waals surface area contributed by atoms with Crippen molar-refractivity contribution in [2.24, 2.45) is 0 Å². The van der Waals surface area contributed by atoms with Crippen LogP contribution in [0.25, 0.3) is 0 Å². The van der Waals surface area contributed by atoms with E-state index in [4.69, 9.17) is 0 Å². The Morgan fingerprint density at radius 3 is 2.28 bits per heavy atom. The third kappa shape index (κ3) is 8.62. The first-order valence-corrected chi connectivity index (χ1v) is 14.2. The molecule has 0 spiro atoms. The number of anilines is 1. The molecule has 2 aromatic rings. The van der Waals surface area contributed by atoms with Gasteiger partial charge in [0.2, 0.25) is 21.8 Å². The number of rotatable bonds is 13. The van der Waals surface area contributed by atoms with E-state index in [0.717, 1.165) is 28.1 Å². The summed E-state index contributed by atoms with van der Waals surface area (Å²) < 4.78 is 39.2. The monoisotopic (exact) mass is 519 g/mol. The minimum atomic E-state index is -3.63. The van der Waals surface area contributed by atoms with E-state index in [1.54, 1.807) is 4.90 Å². The normalized spacial score (nSPS) is 13.1. The van der Waals surface area contributed by atoms with Crippen molar-refractivity contribution in [3.05, 3.63) is 65.5 Å². The molecule has 0 aliphatic heterocycles. The van der Waals surface area contributed by atoms with E-state index in [0.29, 0.717) is 12.1 Å². The lowest BCUT2D eigenvalue weighted by Crippen LogP contribution is -2.50. The zero-order valence-corrected chi connectivity index (χ0v) is 22.6. The topological polar surface area (TPSA) is 86.8 Å². The van der Waals surface area contributed by atoms with Crippen LogP contribution in [0.5, 0.6) is 0 Å². The summed E-state index contributed by atoms with van der Waals surface area (Å²) >= 11 is 0. The molecule has 0 aliphatic rings. The van der Waals surface area contributed by atoms with Gasteiger partial charge in [0.15, 0.2) is 0 Å². The molecular weight excluding hydrogens is 481 g/mol. The van der Waals surface area contributed by atoms with Gasteiger partial charge in [-0.25, -0.2) is 12.8 Å². The molecular formula is C27H38FN3O4S. The highest BCUT2D eigenvalue weighted by atomic mass is 32.2. The summed E-state index contributed by atoms with van der Waals surface area (Å²) in [5.41, 5.74) is 2.31. The highest BCUT2D eigenvalue weighted by Gasteiger charge is 2.29. The fourth-order valence-electron chi connectivity index (χ4n) is 3.98. The van der Waals surface area contributed by atoms with Gasteiger partial charge in [-0.2, -0.15) is 0 Å². The smallest absolute Gasteiger partial charge is 0.243 e. The van der Waals surface area contributed by atoms with Gasteiger partial charge in [0.05, 0.1) is 11.9 Å². The van der Waals surface area contributed by atoms with Gasteiger partial charge < -0.3 is 10.2 Å².